The van der Waals surface area contributed by atoms with Gasteiger partial charge in [0.2, 0.25) is 0 Å². The molecule has 18 heavy (non-hydrogen) atoms. The average molecular weight is 348 g/mol. The SMILES string of the molecule is Clc1cccc(Cl)c1CC1(CBr)CC2CCC1C2. The van der Waals surface area contributed by atoms with E-state index in [9.17, 15) is 0 Å². The number of rotatable bonds is 3. The van der Waals surface area contributed by atoms with E-state index in [1.165, 1.54) is 25.7 Å². The van der Waals surface area contributed by atoms with E-state index in [2.05, 4.69) is 15.9 Å². The van der Waals surface area contributed by atoms with Crippen molar-refractivity contribution in [2.45, 2.75) is 32.1 Å². The van der Waals surface area contributed by atoms with Crippen molar-refractivity contribution >= 4 is 39.1 Å². The largest absolute Gasteiger partial charge is 0.0922 e. The lowest BCUT2D eigenvalue weighted by Gasteiger charge is -2.37. The molecule has 2 bridgehead atoms. The third-order valence-corrected chi connectivity index (χ3v) is 6.78. The summed E-state index contributed by atoms with van der Waals surface area (Å²) in [5.41, 5.74) is 1.53. The van der Waals surface area contributed by atoms with E-state index < -0.39 is 0 Å². The molecule has 3 atom stereocenters. The van der Waals surface area contributed by atoms with E-state index in [1.54, 1.807) is 0 Å². The molecule has 0 spiro atoms. The molecule has 2 aliphatic carbocycles. The van der Waals surface area contributed by atoms with Gasteiger partial charge in [-0.2, -0.15) is 0 Å². The highest BCUT2D eigenvalue weighted by Crippen LogP contribution is 2.58. The van der Waals surface area contributed by atoms with E-state index in [0.717, 1.165) is 39.2 Å². The van der Waals surface area contributed by atoms with Gasteiger partial charge in [0.25, 0.3) is 0 Å². The molecule has 0 aliphatic heterocycles. The predicted molar refractivity (Wildman–Crippen MR) is 81.8 cm³/mol. The van der Waals surface area contributed by atoms with E-state index in [4.69, 9.17) is 23.2 Å². The van der Waals surface area contributed by atoms with Gasteiger partial charge in [-0.05, 0) is 60.6 Å². The number of alkyl halides is 1. The number of hydrogen-bond acceptors (Lipinski definition) is 0. The molecule has 3 rings (SSSR count). The molecule has 0 amide bonds. The van der Waals surface area contributed by atoms with Crippen LogP contribution in [0.4, 0.5) is 0 Å². The Morgan fingerprint density at radius 2 is 1.94 bits per heavy atom. The Balaban J connectivity index is 1.91. The summed E-state index contributed by atoms with van der Waals surface area (Å²) in [4.78, 5) is 0. The first-order valence-corrected chi connectivity index (χ1v) is 8.51. The van der Waals surface area contributed by atoms with Crippen LogP contribution in [0, 0.1) is 17.3 Å². The van der Waals surface area contributed by atoms with Gasteiger partial charge in [-0.1, -0.05) is 51.6 Å². The molecular formula is C15H17BrCl2. The van der Waals surface area contributed by atoms with Crippen molar-refractivity contribution in [1.29, 1.82) is 0 Å². The van der Waals surface area contributed by atoms with Gasteiger partial charge in [-0.3, -0.25) is 0 Å². The van der Waals surface area contributed by atoms with Gasteiger partial charge in [-0.15, -0.1) is 0 Å². The minimum atomic E-state index is 0.386. The molecule has 0 saturated heterocycles. The number of halogens is 3. The fourth-order valence-corrected chi connectivity index (χ4v) is 5.45. The van der Waals surface area contributed by atoms with Crippen molar-refractivity contribution < 1.29 is 0 Å². The van der Waals surface area contributed by atoms with Crippen LogP contribution in [-0.4, -0.2) is 5.33 Å². The second-order valence-corrected chi connectivity index (χ2v) is 7.33. The molecule has 0 aromatic heterocycles. The number of benzene rings is 1. The van der Waals surface area contributed by atoms with Crippen molar-refractivity contribution in [1.82, 2.24) is 0 Å². The second-order valence-electron chi connectivity index (χ2n) is 5.95. The summed E-state index contributed by atoms with van der Waals surface area (Å²) in [6, 6.07) is 5.84. The van der Waals surface area contributed by atoms with Gasteiger partial charge in [0, 0.05) is 15.4 Å². The third-order valence-electron chi connectivity index (χ3n) is 4.96. The average Bonchev–Trinajstić information content (AvgIpc) is 2.95. The minimum absolute atomic E-state index is 0.386. The van der Waals surface area contributed by atoms with Gasteiger partial charge >= 0.3 is 0 Å². The molecule has 2 fully saturated rings. The molecular weight excluding hydrogens is 331 g/mol. The van der Waals surface area contributed by atoms with Crippen LogP contribution in [0.2, 0.25) is 10.0 Å². The summed E-state index contributed by atoms with van der Waals surface area (Å²) in [6.45, 7) is 0. The molecule has 2 aliphatic rings. The monoisotopic (exact) mass is 346 g/mol. The second kappa shape index (κ2) is 5.00. The Hall–Kier alpha value is 0.280. The van der Waals surface area contributed by atoms with Crippen LogP contribution < -0.4 is 0 Å². The first-order chi connectivity index (χ1) is 8.64. The molecule has 3 unspecified atom stereocenters. The highest BCUT2D eigenvalue weighted by atomic mass is 79.9. The summed E-state index contributed by atoms with van der Waals surface area (Å²) >= 11 is 16.4. The zero-order chi connectivity index (χ0) is 12.8. The molecule has 0 nitrogen and oxygen atoms in total. The van der Waals surface area contributed by atoms with E-state index >= 15 is 0 Å². The summed E-state index contributed by atoms with van der Waals surface area (Å²) in [6.07, 6.45) is 6.59. The maximum atomic E-state index is 6.33. The van der Waals surface area contributed by atoms with Crippen LogP contribution in [0.5, 0.6) is 0 Å². The highest BCUT2D eigenvalue weighted by Gasteiger charge is 2.50. The van der Waals surface area contributed by atoms with Gasteiger partial charge in [0.15, 0.2) is 0 Å². The van der Waals surface area contributed by atoms with Crippen LogP contribution >= 0.6 is 39.1 Å². The van der Waals surface area contributed by atoms with Crippen molar-refractivity contribution in [3.63, 3.8) is 0 Å². The van der Waals surface area contributed by atoms with Crippen LogP contribution in [0.25, 0.3) is 0 Å². The summed E-state index contributed by atoms with van der Waals surface area (Å²) in [5, 5.41) is 2.72. The first kappa shape index (κ1) is 13.3. The summed E-state index contributed by atoms with van der Waals surface area (Å²) < 4.78 is 0. The maximum Gasteiger partial charge on any atom is 0.0453 e. The van der Waals surface area contributed by atoms with Crippen LogP contribution in [0.15, 0.2) is 18.2 Å². The maximum absolute atomic E-state index is 6.33. The minimum Gasteiger partial charge on any atom is -0.0922 e. The predicted octanol–water partition coefficient (Wildman–Crippen LogP) is 5.74. The normalized spacial score (nSPS) is 34.2. The fourth-order valence-electron chi connectivity index (χ4n) is 4.04. The Kier molecular flexibility index (Phi) is 3.68. The van der Waals surface area contributed by atoms with Crippen molar-refractivity contribution in [2.75, 3.05) is 5.33 Å². The smallest absolute Gasteiger partial charge is 0.0453 e. The number of fused-ring (bicyclic) bond motifs is 2. The Bertz CT molecular complexity index is 440. The van der Waals surface area contributed by atoms with Crippen molar-refractivity contribution in [2.24, 2.45) is 17.3 Å². The molecule has 0 N–H and O–H groups in total. The Labute approximate surface area is 127 Å². The quantitative estimate of drug-likeness (QED) is 0.612. The van der Waals surface area contributed by atoms with Crippen molar-refractivity contribution in [3.05, 3.63) is 33.8 Å². The summed E-state index contributed by atoms with van der Waals surface area (Å²) in [7, 11) is 0. The Morgan fingerprint density at radius 1 is 1.22 bits per heavy atom. The molecule has 0 heterocycles. The van der Waals surface area contributed by atoms with Crippen LogP contribution in [0.3, 0.4) is 0 Å². The summed E-state index contributed by atoms with van der Waals surface area (Å²) in [5.74, 6) is 1.79. The highest BCUT2D eigenvalue weighted by molar-refractivity contribution is 9.09. The molecule has 1 aromatic rings. The zero-order valence-corrected chi connectivity index (χ0v) is 13.4. The third kappa shape index (κ3) is 2.13. The molecule has 1 aromatic carbocycles. The lowest BCUT2D eigenvalue weighted by atomic mass is 9.71. The zero-order valence-electron chi connectivity index (χ0n) is 10.3. The molecule has 2 saturated carbocycles. The van der Waals surface area contributed by atoms with Gasteiger partial charge < -0.3 is 0 Å². The van der Waals surface area contributed by atoms with Crippen LogP contribution in [-0.2, 0) is 6.42 Å². The van der Waals surface area contributed by atoms with Crippen LogP contribution in [0.1, 0.15) is 31.2 Å². The topological polar surface area (TPSA) is 0 Å². The van der Waals surface area contributed by atoms with Gasteiger partial charge in [-0.25, -0.2) is 0 Å². The van der Waals surface area contributed by atoms with E-state index in [1.807, 2.05) is 18.2 Å². The molecule has 98 valence electrons. The van der Waals surface area contributed by atoms with Gasteiger partial charge in [0.1, 0.15) is 0 Å². The Morgan fingerprint density at radius 3 is 2.44 bits per heavy atom. The lowest BCUT2D eigenvalue weighted by molar-refractivity contribution is 0.197. The lowest BCUT2D eigenvalue weighted by Crippen LogP contribution is -2.32. The van der Waals surface area contributed by atoms with E-state index in [-0.39, 0.29) is 0 Å². The standard InChI is InChI=1S/C15H17BrCl2/c16-9-15(7-10-4-5-11(15)6-10)8-12-13(17)2-1-3-14(12)18/h1-3,10-11H,4-9H2. The fraction of sp³-hybridized carbons (Fsp3) is 0.600. The first-order valence-electron chi connectivity index (χ1n) is 6.63. The van der Waals surface area contributed by atoms with E-state index in [0.29, 0.717) is 5.41 Å². The number of hydrogen-bond donors (Lipinski definition) is 0. The molecule has 0 radical (unpaired) electrons. The van der Waals surface area contributed by atoms with Gasteiger partial charge in [0.05, 0.1) is 0 Å². The molecule has 3 heteroatoms. The van der Waals surface area contributed by atoms with Crippen molar-refractivity contribution in [3.8, 4) is 0 Å².